The molecule has 1 heterocycles. The number of hydrazine groups is 1. The molecule has 2 rings (SSSR count). The van der Waals surface area contributed by atoms with E-state index >= 15 is 0 Å². The summed E-state index contributed by atoms with van der Waals surface area (Å²) in [6, 6.07) is 8.86. The van der Waals surface area contributed by atoms with Crippen LogP contribution in [0.4, 0.5) is 13.2 Å². The summed E-state index contributed by atoms with van der Waals surface area (Å²) < 4.78 is 38.9. The normalized spacial score (nSPS) is 13.3. The van der Waals surface area contributed by atoms with Crippen LogP contribution >= 0.6 is 0 Å². The molecule has 1 atom stereocenters. The molecule has 19 heavy (non-hydrogen) atoms. The first kappa shape index (κ1) is 13.5. The third-order valence-electron chi connectivity index (χ3n) is 2.77. The molecule has 0 saturated carbocycles. The average molecular weight is 267 g/mol. The van der Waals surface area contributed by atoms with Gasteiger partial charge in [0, 0.05) is 18.0 Å². The predicted molar refractivity (Wildman–Crippen MR) is 64.8 cm³/mol. The van der Waals surface area contributed by atoms with Gasteiger partial charge in [-0.05, 0) is 11.6 Å². The molecule has 1 aromatic heterocycles. The van der Waals surface area contributed by atoms with Crippen molar-refractivity contribution < 1.29 is 13.2 Å². The zero-order valence-corrected chi connectivity index (χ0v) is 9.85. The van der Waals surface area contributed by atoms with Crippen LogP contribution in [0, 0.1) is 0 Å². The summed E-state index contributed by atoms with van der Waals surface area (Å²) in [5.41, 5.74) is 2.31. The average Bonchev–Trinajstić information content (AvgIpc) is 2.40. The van der Waals surface area contributed by atoms with Crippen molar-refractivity contribution in [2.75, 3.05) is 0 Å². The molecule has 0 aliphatic carbocycles. The van der Waals surface area contributed by atoms with E-state index in [2.05, 4.69) is 10.4 Å². The summed E-state index contributed by atoms with van der Waals surface area (Å²) in [6.07, 6.45) is -2.15. The van der Waals surface area contributed by atoms with Crippen molar-refractivity contribution >= 4 is 0 Å². The first-order valence-corrected chi connectivity index (χ1v) is 5.56. The van der Waals surface area contributed by atoms with Crippen LogP contribution in [-0.4, -0.2) is 4.98 Å². The minimum absolute atomic E-state index is 0.00343. The van der Waals surface area contributed by atoms with Crippen molar-refractivity contribution in [2.45, 2.75) is 12.2 Å². The number of hydrogen-bond acceptors (Lipinski definition) is 3. The van der Waals surface area contributed by atoms with Crippen molar-refractivity contribution in [1.82, 2.24) is 10.4 Å². The van der Waals surface area contributed by atoms with Gasteiger partial charge in [-0.25, -0.2) is 5.43 Å². The van der Waals surface area contributed by atoms with Crippen LogP contribution in [0.15, 0.2) is 48.8 Å². The molecule has 1 unspecified atom stereocenters. The molecular formula is C13H12F3N3. The highest BCUT2D eigenvalue weighted by Crippen LogP contribution is 2.35. The van der Waals surface area contributed by atoms with Gasteiger partial charge in [-0.3, -0.25) is 10.8 Å². The number of rotatable bonds is 3. The van der Waals surface area contributed by atoms with Crippen LogP contribution in [0.3, 0.4) is 0 Å². The molecule has 0 aliphatic rings. The fourth-order valence-electron chi connectivity index (χ4n) is 1.91. The molecule has 0 spiro atoms. The van der Waals surface area contributed by atoms with Gasteiger partial charge in [0.25, 0.3) is 0 Å². The summed E-state index contributed by atoms with van der Waals surface area (Å²) >= 11 is 0. The molecule has 0 fully saturated rings. The number of aromatic nitrogens is 1. The van der Waals surface area contributed by atoms with E-state index in [1.54, 1.807) is 30.3 Å². The number of nitrogens with one attached hydrogen (secondary N) is 1. The van der Waals surface area contributed by atoms with Crippen molar-refractivity contribution in [3.8, 4) is 0 Å². The first-order valence-electron chi connectivity index (χ1n) is 5.56. The molecule has 6 heteroatoms. The van der Waals surface area contributed by atoms with Crippen molar-refractivity contribution in [3.05, 3.63) is 65.5 Å². The second-order valence-corrected chi connectivity index (χ2v) is 3.97. The topological polar surface area (TPSA) is 50.9 Å². The standard InChI is InChI=1S/C13H12F3N3/c14-13(15,16)11-6-7-18-8-10(11)12(19-17)9-4-2-1-3-5-9/h1-8,12,19H,17H2. The Balaban J connectivity index is 2.51. The van der Waals surface area contributed by atoms with Crippen LogP contribution < -0.4 is 11.3 Å². The van der Waals surface area contributed by atoms with Gasteiger partial charge in [0.2, 0.25) is 0 Å². The summed E-state index contributed by atoms with van der Waals surface area (Å²) in [5, 5.41) is 0. The maximum atomic E-state index is 13.0. The maximum absolute atomic E-state index is 13.0. The van der Waals surface area contributed by atoms with Crippen LogP contribution in [0.25, 0.3) is 0 Å². The lowest BCUT2D eigenvalue weighted by Crippen LogP contribution is -2.30. The Morgan fingerprint density at radius 2 is 1.79 bits per heavy atom. The number of halogens is 3. The first-order chi connectivity index (χ1) is 9.04. The lowest BCUT2D eigenvalue weighted by molar-refractivity contribution is -0.138. The Kier molecular flexibility index (Phi) is 3.82. The summed E-state index contributed by atoms with van der Waals surface area (Å²) in [4.78, 5) is 3.76. The fraction of sp³-hybridized carbons (Fsp3) is 0.154. The second kappa shape index (κ2) is 5.38. The number of nitrogens with zero attached hydrogens (tertiary/aromatic N) is 1. The van der Waals surface area contributed by atoms with Gasteiger partial charge in [-0.15, -0.1) is 0 Å². The molecular weight excluding hydrogens is 255 g/mol. The maximum Gasteiger partial charge on any atom is 0.416 e. The monoisotopic (exact) mass is 267 g/mol. The quantitative estimate of drug-likeness (QED) is 0.664. The van der Waals surface area contributed by atoms with Gasteiger partial charge in [0.1, 0.15) is 0 Å². The van der Waals surface area contributed by atoms with E-state index in [1.165, 1.54) is 6.20 Å². The molecule has 2 aromatic rings. The molecule has 0 bridgehead atoms. The highest BCUT2D eigenvalue weighted by atomic mass is 19.4. The predicted octanol–water partition coefficient (Wildman–Crippen LogP) is 2.65. The number of nitrogens with two attached hydrogens (primary N) is 1. The van der Waals surface area contributed by atoms with E-state index in [0.29, 0.717) is 5.56 Å². The van der Waals surface area contributed by atoms with E-state index in [4.69, 9.17) is 5.84 Å². The summed E-state index contributed by atoms with van der Waals surface area (Å²) in [7, 11) is 0. The second-order valence-electron chi connectivity index (χ2n) is 3.97. The van der Waals surface area contributed by atoms with Crippen LogP contribution in [0.2, 0.25) is 0 Å². The Labute approximate surface area is 108 Å². The number of alkyl halides is 3. The number of benzene rings is 1. The zero-order chi connectivity index (χ0) is 13.9. The van der Waals surface area contributed by atoms with E-state index in [0.717, 1.165) is 12.3 Å². The van der Waals surface area contributed by atoms with Crippen LogP contribution in [0.5, 0.6) is 0 Å². The van der Waals surface area contributed by atoms with Gasteiger partial charge in [-0.1, -0.05) is 30.3 Å². The molecule has 3 nitrogen and oxygen atoms in total. The molecule has 0 amide bonds. The van der Waals surface area contributed by atoms with Crippen molar-refractivity contribution in [3.63, 3.8) is 0 Å². The highest BCUT2D eigenvalue weighted by Gasteiger charge is 2.35. The van der Waals surface area contributed by atoms with Gasteiger partial charge in [-0.2, -0.15) is 13.2 Å². The summed E-state index contributed by atoms with van der Waals surface area (Å²) in [6.45, 7) is 0. The van der Waals surface area contributed by atoms with Crippen LogP contribution in [0.1, 0.15) is 22.7 Å². The molecule has 3 N–H and O–H groups in total. The van der Waals surface area contributed by atoms with Crippen molar-refractivity contribution in [1.29, 1.82) is 0 Å². The van der Waals surface area contributed by atoms with E-state index in [9.17, 15) is 13.2 Å². The fourth-order valence-corrected chi connectivity index (χ4v) is 1.91. The highest BCUT2D eigenvalue weighted by molar-refractivity contribution is 5.36. The van der Waals surface area contributed by atoms with Gasteiger partial charge >= 0.3 is 6.18 Å². The zero-order valence-electron chi connectivity index (χ0n) is 9.85. The molecule has 100 valence electrons. The largest absolute Gasteiger partial charge is 0.416 e. The van der Waals surface area contributed by atoms with E-state index in [1.807, 2.05) is 0 Å². The smallest absolute Gasteiger partial charge is 0.271 e. The van der Waals surface area contributed by atoms with E-state index in [-0.39, 0.29) is 5.56 Å². The van der Waals surface area contributed by atoms with Crippen molar-refractivity contribution in [2.24, 2.45) is 5.84 Å². The van der Waals surface area contributed by atoms with Crippen LogP contribution in [-0.2, 0) is 6.18 Å². The Morgan fingerprint density at radius 1 is 1.11 bits per heavy atom. The number of pyridine rings is 1. The third-order valence-corrected chi connectivity index (χ3v) is 2.77. The molecule has 0 radical (unpaired) electrons. The van der Waals surface area contributed by atoms with Gasteiger partial charge in [0.15, 0.2) is 0 Å². The molecule has 1 aromatic carbocycles. The summed E-state index contributed by atoms with van der Waals surface area (Å²) in [5.74, 6) is 5.40. The third kappa shape index (κ3) is 2.91. The lowest BCUT2D eigenvalue weighted by Gasteiger charge is -2.20. The Morgan fingerprint density at radius 3 is 2.37 bits per heavy atom. The van der Waals surface area contributed by atoms with Gasteiger partial charge < -0.3 is 0 Å². The minimum Gasteiger partial charge on any atom is -0.271 e. The van der Waals surface area contributed by atoms with E-state index < -0.39 is 17.8 Å². The molecule has 0 aliphatic heterocycles. The number of hydrogen-bond donors (Lipinski definition) is 2. The minimum atomic E-state index is -4.44. The van der Waals surface area contributed by atoms with Gasteiger partial charge in [0.05, 0.1) is 11.6 Å². The SMILES string of the molecule is NNC(c1ccccc1)c1cnccc1C(F)(F)F. The Hall–Kier alpha value is -1.92. The Bertz CT molecular complexity index is 540. The lowest BCUT2D eigenvalue weighted by atomic mass is 9.96. The molecule has 0 saturated heterocycles.